The van der Waals surface area contributed by atoms with Gasteiger partial charge in [-0.25, -0.2) is 0 Å². The molecule has 2 aromatic heterocycles. The Morgan fingerprint density at radius 2 is 1.55 bits per heavy atom. The van der Waals surface area contributed by atoms with Crippen LogP contribution in [-0.4, -0.2) is 15.9 Å². The number of allylic oxidation sites excluding steroid dienone is 2. The molecule has 0 aliphatic heterocycles. The molecule has 0 amide bonds. The van der Waals surface area contributed by atoms with E-state index in [1.165, 1.54) is 22.6 Å². The molecule has 2 heterocycles. The molecule has 0 atom stereocenters. The predicted molar refractivity (Wildman–Crippen MR) is 194 cm³/mol. The number of aliphatic hydroxyl groups excluding tert-OH is 1. The summed E-state index contributed by atoms with van der Waals surface area (Å²) in [5, 5.41) is 14.4. The van der Waals surface area contributed by atoms with Gasteiger partial charge in [0.15, 0.2) is 5.78 Å². The first-order valence-corrected chi connectivity index (χ1v) is 17.1. The number of fused-ring (bicyclic) bond motifs is 4. The third-order valence-electron chi connectivity index (χ3n) is 9.02. The number of nitrogens with zero attached hydrogens (tertiary/aromatic N) is 1. The zero-order chi connectivity index (χ0) is 33.6. The number of rotatable bonds is 10. The first-order chi connectivity index (χ1) is 21.9. The number of aromatic nitrogens is 1. The molecule has 253 valence electrons. The van der Waals surface area contributed by atoms with Gasteiger partial charge in [0.05, 0.1) is 5.76 Å². The molecule has 0 aliphatic carbocycles. The molecule has 1 radical (unpaired) electrons. The average molecular weight is 811 g/mol. The second kappa shape index (κ2) is 16.7. The molecule has 5 rings (SSSR count). The van der Waals surface area contributed by atoms with Crippen molar-refractivity contribution in [2.75, 3.05) is 0 Å². The fourth-order valence-electron chi connectivity index (χ4n) is 6.30. The average Bonchev–Trinajstić information content (AvgIpc) is 3.39. The van der Waals surface area contributed by atoms with E-state index >= 15 is 0 Å². The Morgan fingerprint density at radius 1 is 0.894 bits per heavy atom. The van der Waals surface area contributed by atoms with Crippen LogP contribution in [0.15, 0.2) is 77.0 Å². The van der Waals surface area contributed by atoms with Crippen LogP contribution >= 0.6 is 0 Å². The third-order valence-corrected chi connectivity index (χ3v) is 9.02. The van der Waals surface area contributed by atoms with E-state index in [0.717, 1.165) is 70.7 Å². The topological polar surface area (TPSA) is 63.3 Å². The zero-order valence-corrected chi connectivity index (χ0v) is 32.1. The summed E-state index contributed by atoms with van der Waals surface area (Å²) in [7, 11) is 0. The summed E-state index contributed by atoms with van der Waals surface area (Å²) in [6.45, 7) is 19.3. The van der Waals surface area contributed by atoms with Crippen molar-refractivity contribution < 1.29 is 34.4 Å². The molecular weight excluding hydrogens is 759 g/mol. The molecule has 0 spiro atoms. The molecule has 47 heavy (non-hydrogen) atoms. The van der Waals surface area contributed by atoms with E-state index in [1.807, 2.05) is 33.9 Å². The van der Waals surface area contributed by atoms with Crippen LogP contribution in [0.4, 0.5) is 0 Å². The Bertz CT molecular complexity index is 1820. The van der Waals surface area contributed by atoms with Crippen LogP contribution < -0.4 is 0 Å². The fraction of sp³-hybridized carbons (Fsp3) is 0.429. The molecule has 0 unspecified atom stereocenters. The molecule has 0 fully saturated rings. The van der Waals surface area contributed by atoms with Crippen LogP contribution in [0.2, 0.25) is 0 Å². The van der Waals surface area contributed by atoms with Gasteiger partial charge in [-0.3, -0.25) is 9.78 Å². The Kier molecular flexibility index (Phi) is 13.6. The number of carbonyl (C=O) groups excluding carboxylic acids is 1. The van der Waals surface area contributed by atoms with Gasteiger partial charge < -0.3 is 9.52 Å². The monoisotopic (exact) mass is 811 g/mol. The first kappa shape index (κ1) is 38.2. The van der Waals surface area contributed by atoms with Gasteiger partial charge in [0, 0.05) is 60.7 Å². The van der Waals surface area contributed by atoms with Crippen LogP contribution in [0, 0.1) is 23.8 Å². The first-order valence-electron chi connectivity index (χ1n) is 17.1. The quantitative estimate of drug-likeness (QED) is 0.0867. The maximum absolute atomic E-state index is 11.7. The van der Waals surface area contributed by atoms with Gasteiger partial charge in [0.25, 0.3) is 0 Å². The van der Waals surface area contributed by atoms with Gasteiger partial charge in [0.1, 0.15) is 11.2 Å². The van der Waals surface area contributed by atoms with Crippen molar-refractivity contribution in [3.63, 3.8) is 0 Å². The molecule has 3 aromatic carbocycles. The molecule has 4 nitrogen and oxygen atoms in total. The van der Waals surface area contributed by atoms with Crippen LogP contribution in [-0.2, 0) is 36.7 Å². The molecule has 5 heteroatoms. The minimum Gasteiger partial charge on any atom is -0.512 e. The molecule has 1 N–H and O–H groups in total. The summed E-state index contributed by atoms with van der Waals surface area (Å²) in [5.74, 6) is 1.16. The minimum absolute atomic E-state index is 0. The number of carbonyl (C=O) groups is 1. The number of aliphatic hydroxyl groups is 1. The summed E-state index contributed by atoms with van der Waals surface area (Å²) in [5.41, 5.74) is 6.22. The molecular formula is C42H52IrNO3-. The second-order valence-corrected chi connectivity index (χ2v) is 14.0. The minimum atomic E-state index is 0. The summed E-state index contributed by atoms with van der Waals surface area (Å²) in [6, 6.07) is 23.0. The van der Waals surface area contributed by atoms with Crippen LogP contribution in [0.1, 0.15) is 99.1 Å². The van der Waals surface area contributed by atoms with Gasteiger partial charge in [-0.05, 0) is 61.1 Å². The summed E-state index contributed by atoms with van der Waals surface area (Å²) in [6.07, 6.45) is 7.84. The van der Waals surface area contributed by atoms with Crippen LogP contribution in [0.5, 0.6) is 0 Å². The number of pyridine rings is 1. The normalized spacial score (nSPS) is 12.2. The molecule has 0 aliphatic rings. The van der Waals surface area contributed by atoms with E-state index in [2.05, 4.69) is 95.3 Å². The van der Waals surface area contributed by atoms with Crippen LogP contribution in [0.3, 0.4) is 0 Å². The van der Waals surface area contributed by atoms with Crippen molar-refractivity contribution in [1.82, 2.24) is 4.98 Å². The van der Waals surface area contributed by atoms with E-state index in [1.54, 1.807) is 0 Å². The van der Waals surface area contributed by atoms with E-state index in [-0.39, 0.29) is 48.9 Å². The molecule has 0 saturated heterocycles. The predicted octanol–water partition coefficient (Wildman–Crippen LogP) is 12.0. The number of benzene rings is 3. The Morgan fingerprint density at radius 3 is 2.17 bits per heavy atom. The molecule has 0 bridgehead atoms. The summed E-state index contributed by atoms with van der Waals surface area (Å²) < 4.78 is 6.42. The van der Waals surface area contributed by atoms with Gasteiger partial charge in [-0.1, -0.05) is 104 Å². The fourth-order valence-corrected chi connectivity index (χ4v) is 6.30. The Labute approximate surface area is 295 Å². The van der Waals surface area contributed by atoms with Crippen molar-refractivity contribution in [2.24, 2.45) is 17.8 Å². The van der Waals surface area contributed by atoms with Crippen molar-refractivity contribution in [2.45, 2.75) is 99.8 Å². The molecule has 0 saturated carbocycles. The Balaban J connectivity index is 0.000000322. The Hall–Kier alpha value is -3.27. The van der Waals surface area contributed by atoms with Crippen molar-refractivity contribution in [1.29, 1.82) is 0 Å². The number of hydrogen-bond donors (Lipinski definition) is 1. The summed E-state index contributed by atoms with van der Waals surface area (Å²) in [4.78, 5) is 16.5. The van der Waals surface area contributed by atoms with Gasteiger partial charge >= 0.3 is 0 Å². The van der Waals surface area contributed by atoms with Gasteiger partial charge in [0.2, 0.25) is 0 Å². The smallest absolute Gasteiger partial charge is 0.162 e. The van der Waals surface area contributed by atoms with E-state index < -0.39 is 0 Å². The maximum Gasteiger partial charge on any atom is 0.162 e. The van der Waals surface area contributed by atoms with Gasteiger partial charge in [-0.15, -0.1) is 29.1 Å². The number of hydrogen-bond acceptors (Lipinski definition) is 4. The molecule has 5 aromatic rings. The van der Waals surface area contributed by atoms with E-state index in [0.29, 0.717) is 5.92 Å². The van der Waals surface area contributed by atoms with Gasteiger partial charge in [-0.2, -0.15) is 0 Å². The summed E-state index contributed by atoms with van der Waals surface area (Å²) >= 11 is 0. The van der Waals surface area contributed by atoms with Crippen molar-refractivity contribution >= 4 is 38.5 Å². The number of furan rings is 1. The third kappa shape index (κ3) is 9.00. The zero-order valence-electron chi connectivity index (χ0n) is 29.7. The number of ketones is 1. The largest absolute Gasteiger partial charge is 0.512 e. The van der Waals surface area contributed by atoms with Crippen molar-refractivity contribution in [3.05, 3.63) is 89.8 Å². The standard InChI is InChI=1S/C29H28NO.C13H24O2.Ir/c1-18(2)14-19-10-11-23-24-12-13-30-27(28(24)31-26(23)15-19)21-16-20-8-6-7-9-22(20)25(17-21)29(3,4)5;1-5-10(6-2)12(14)9-13(15)11(7-3)8-4;/h6-13,15,17-18H,14H2,1-5H3;9-11,14H,5-8H2,1-4H3;/q-1;;/b;12-9-;. The van der Waals surface area contributed by atoms with Crippen LogP contribution in [0.25, 0.3) is 44.0 Å². The van der Waals surface area contributed by atoms with E-state index in [4.69, 9.17) is 9.40 Å². The second-order valence-electron chi connectivity index (χ2n) is 14.0. The SMILES string of the molecule is CC(C)Cc1ccc2c(c1)oc1c(-c3[c-]c4ccccc4c(C(C)(C)C)c3)nccc12.CCC(CC)C(=O)/C=C(\O)C(CC)CC.[Ir]. The van der Waals surface area contributed by atoms with E-state index in [9.17, 15) is 9.90 Å². The maximum atomic E-state index is 11.7. The van der Waals surface area contributed by atoms with Crippen molar-refractivity contribution in [3.8, 4) is 11.3 Å².